The molecule has 6 rings (SSSR count). The molecule has 0 unspecified atom stereocenters. The highest BCUT2D eigenvalue weighted by Crippen LogP contribution is 2.35. The molecule has 0 saturated heterocycles. The van der Waals surface area contributed by atoms with E-state index in [1.807, 2.05) is 0 Å². The average Bonchev–Trinajstić information content (AvgIpc) is 3.41. The highest BCUT2D eigenvalue weighted by molar-refractivity contribution is 7.87. The SMILES string of the molecule is CON(C)C(=O)c1nn(C)c2c1CCCc1cnc(=O)[nH]c1-2.CON(C)C(=O)c1nn(C)c2c1CCCc1cnc(OS(=O)(=O)C(F)(F)F)nc1-2. The summed E-state index contributed by atoms with van der Waals surface area (Å²) >= 11 is 0. The molecule has 274 valence electrons. The first-order chi connectivity index (χ1) is 24.0. The Balaban J connectivity index is 0.000000205. The summed E-state index contributed by atoms with van der Waals surface area (Å²) in [5.74, 6) is -0.822. The van der Waals surface area contributed by atoms with E-state index in [0.29, 0.717) is 53.9 Å². The van der Waals surface area contributed by atoms with Gasteiger partial charge in [-0.05, 0) is 49.7 Å². The van der Waals surface area contributed by atoms with E-state index >= 15 is 0 Å². The van der Waals surface area contributed by atoms with Gasteiger partial charge in [-0.2, -0.15) is 36.8 Å². The molecule has 0 fully saturated rings. The highest BCUT2D eigenvalue weighted by atomic mass is 32.2. The van der Waals surface area contributed by atoms with Crippen LogP contribution in [0.15, 0.2) is 17.2 Å². The molecule has 4 aromatic heterocycles. The maximum Gasteiger partial charge on any atom is 0.534 e. The number of amides is 2. The Hall–Kier alpha value is -5.22. The number of alkyl halides is 3. The summed E-state index contributed by atoms with van der Waals surface area (Å²) in [5.41, 5.74) is -0.739. The molecule has 0 bridgehead atoms. The van der Waals surface area contributed by atoms with Gasteiger partial charge in [-0.25, -0.2) is 24.9 Å². The number of carbonyl (C=O) groups excluding carboxylic acids is 2. The first-order valence-corrected chi connectivity index (χ1v) is 16.6. The van der Waals surface area contributed by atoms with Gasteiger partial charge < -0.3 is 9.17 Å². The van der Waals surface area contributed by atoms with Crippen molar-refractivity contribution in [3.8, 4) is 28.8 Å². The van der Waals surface area contributed by atoms with Gasteiger partial charge in [0.2, 0.25) is 0 Å². The van der Waals surface area contributed by atoms with E-state index < -0.39 is 33.2 Å². The predicted octanol–water partition coefficient (Wildman–Crippen LogP) is 1.52. The number of aromatic amines is 1. The molecule has 4 heterocycles. The van der Waals surface area contributed by atoms with Crippen LogP contribution in [-0.2, 0) is 59.6 Å². The second-order valence-corrected chi connectivity index (χ2v) is 12.9. The Morgan fingerprint density at radius 1 is 0.843 bits per heavy atom. The number of aryl methyl sites for hydroxylation is 4. The fraction of sp³-hybridized carbons (Fsp3) is 0.448. The Morgan fingerprint density at radius 2 is 1.35 bits per heavy atom. The number of nitrogens with zero attached hydrogens (tertiary/aromatic N) is 9. The molecule has 0 saturated carbocycles. The standard InChI is InChI=1S/C15H16F3N5O5S.C14H17N5O3/c1-22-12-9(11(21-22)13(24)23(2)27-3)6-4-5-8-7-19-14(20-10(8)12)28-29(25,26)15(16,17)18;1-18-12-9(11(17-18)13(20)19(2)22-3)6-4-5-8-7-15-14(21)16-10(8)12/h7H,4-6H2,1-3H3;7H,4-6H2,1-3H3,(H,15,16,21). The van der Waals surface area contributed by atoms with Crippen molar-refractivity contribution in [3.63, 3.8) is 0 Å². The van der Waals surface area contributed by atoms with Crippen LogP contribution in [0.2, 0.25) is 0 Å². The molecule has 1 N–H and O–H groups in total. The van der Waals surface area contributed by atoms with E-state index in [1.165, 1.54) is 39.2 Å². The summed E-state index contributed by atoms with van der Waals surface area (Å²) in [6.45, 7) is 0. The van der Waals surface area contributed by atoms with E-state index in [2.05, 4.69) is 34.3 Å². The number of nitrogens with one attached hydrogen (secondary N) is 1. The van der Waals surface area contributed by atoms with Crippen LogP contribution in [0.1, 0.15) is 56.1 Å². The minimum absolute atomic E-state index is 0.101. The predicted molar refractivity (Wildman–Crippen MR) is 169 cm³/mol. The molecular formula is C29H33F3N10O8S. The van der Waals surface area contributed by atoms with Crippen LogP contribution in [0.3, 0.4) is 0 Å². The molecule has 0 radical (unpaired) electrons. The third kappa shape index (κ3) is 7.19. The number of halogens is 3. The van der Waals surface area contributed by atoms with Crippen molar-refractivity contribution >= 4 is 21.9 Å². The molecular weight excluding hydrogens is 705 g/mol. The topological polar surface area (TPSA) is 210 Å². The Morgan fingerprint density at radius 3 is 1.90 bits per heavy atom. The van der Waals surface area contributed by atoms with E-state index in [-0.39, 0.29) is 17.3 Å². The van der Waals surface area contributed by atoms with Crippen LogP contribution in [0.5, 0.6) is 6.01 Å². The van der Waals surface area contributed by atoms with Crippen LogP contribution in [0.4, 0.5) is 13.2 Å². The quantitative estimate of drug-likeness (QED) is 0.169. The molecule has 2 aliphatic carbocycles. The minimum atomic E-state index is -5.92. The first-order valence-electron chi connectivity index (χ1n) is 15.2. The summed E-state index contributed by atoms with van der Waals surface area (Å²) < 4.78 is 67.3. The molecule has 18 nitrogen and oxygen atoms in total. The summed E-state index contributed by atoms with van der Waals surface area (Å²) in [5, 5.41) is 10.7. The second kappa shape index (κ2) is 14.2. The molecule has 51 heavy (non-hydrogen) atoms. The third-order valence-corrected chi connectivity index (χ3v) is 9.16. The van der Waals surface area contributed by atoms with Crippen molar-refractivity contribution in [2.75, 3.05) is 28.3 Å². The van der Waals surface area contributed by atoms with E-state index in [1.54, 1.807) is 25.0 Å². The molecule has 2 amide bonds. The number of H-pyrrole nitrogens is 1. The first kappa shape index (κ1) is 37.0. The van der Waals surface area contributed by atoms with Gasteiger partial charge in [0, 0.05) is 51.7 Å². The lowest BCUT2D eigenvalue weighted by Gasteiger charge is -2.12. The minimum Gasteiger partial charge on any atom is -0.337 e. The zero-order chi connectivity index (χ0) is 37.4. The maximum absolute atomic E-state index is 12.6. The molecule has 0 aliphatic heterocycles. The number of rotatable bonds is 6. The summed E-state index contributed by atoms with van der Waals surface area (Å²) in [4.78, 5) is 60.4. The summed E-state index contributed by atoms with van der Waals surface area (Å²) in [7, 11) is 3.06. The molecule has 4 aromatic rings. The zero-order valence-electron chi connectivity index (χ0n) is 28.2. The largest absolute Gasteiger partial charge is 0.534 e. The Kier molecular flexibility index (Phi) is 10.3. The number of hydrogen-bond donors (Lipinski definition) is 1. The summed E-state index contributed by atoms with van der Waals surface area (Å²) in [6, 6.07) is -0.975. The Bertz CT molecular complexity index is 2160. The number of carbonyl (C=O) groups is 2. The van der Waals surface area contributed by atoms with Gasteiger partial charge in [0.25, 0.3) is 11.8 Å². The lowest BCUT2D eigenvalue weighted by molar-refractivity contribution is -0.0761. The van der Waals surface area contributed by atoms with E-state index in [9.17, 15) is 36.0 Å². The van der Waals surface area contributed by atoms with Gasteiger partial charge in [0.1, 0.15) is 0 Å². The lowest BCUT2D eigenvalue weighted by atomic mass is 10.1. The van der Waals surface area contributed by atoms with Gasteiger partial charge in [0.15, 0.2) is 11.4 Å². The Labute approximate surface area is 288 Å². The van der Waals surface area contributed by atoms with Crippen LogP contribution in [0, 0.1) is 0 Å². The molecule has 0 atom stereocenters. The number of hydroxylamine groups is 4. The number of aromatic nitrogens is 8. The fourth-order valence-corrected chi connectivity index (χ4v) is 6.09. The van der Waals surface area contributed by atoms with Crippen molar-refractivity contribution in [2.45, 2.75) is 44.0 Å². The fourth-order valence-electron chi connectivity index (χ4n) is 5.72. The van der Waals surface area contributed by atoms with Crippen LogP contribution >= 0.6 is 0 Å². The van der Waals surface area contributed by atoms with Crippen LogP contribution in [-0.4, -0.2) is 104 Å². The molecule has 0 spiro atoms. The zero-order valence-corrected chi connectivity index (χ0v) is 29.0. The van der Waals surface area contributed by atoms with Gasteiger partial charge >= 0.3 is 27.3 Å². The maximum atomic E-state index is 12.6. The number of fused-ring (bicyclic) bond motifs is 6. The van der Waals surface area contributed by atoms with Crippen molar-refractivity contribution in [2.24, 2.45) is 14.1 Å². The van der Waals surface area contributed by atoms with Gasteiger partial charge in [-0.1, -0.05) is 0 Å². The van der Waals surface area contributed by atoms with Crippen LogP contribution < -0.4 is 9.87 Å². The smallest absolute Gasteiger partial charge is 0.337 e. The van der Waals surface area contributed by atoms with Gasteiger partial charge in [-0.3, -0.25) is 28.6 Å². The highest BCUT2D eigenvalue weighted by Gasteiger charge is 2.49. The molecule has 0 aromatic carbocycles. The van der Waals surface area contributed by atoms with Gasteiger partial charge in [0.05, 0.1) is 37.0 Å². The average molecular weight is 739 g/mol. The third-order valence-electron chi connectivity index (χ3n) is 8.22. The van der Waals surface area contributed by atoms with Crippen LogP contribution in [0.25, 0.3) is 22.8 Å². The van der Waals surface area contributed by atoms with E-state index in [0.717, 1.165) is 39.8 Å². The lowest BCUT2D eigenvalue weighted by Crippen LogP contribution is -2.28. The monoisotopic (exact) mass is 738 g/mol. The van der Waals surface area contributed by atoms with E-state index in [4.69, 9.17) is 9.68 Å². The number of hydrogen-bond acceptors (Lipinski definition) is 13. The normalized spacial score (nSPS) is 13.7. The van der Waals surface area contributed by atoms with Crippen molar-refractivity contribution < 1.29 is 45.0 Å². The van der Waals surface area contributed by atoms with Crippen molar-refractivity contribution in [1.29, 1.82) is 0 Å². The summed E-state index contributed by atoms with van der Waals surface area (Å²) in [6.07, 6.45) is 6.65. The van der Waals surface area contributed by atoms with Gasteiger partial charge in [-0.15, -0.1) is 0 Å². The van der Waals surface area contributed by atoms with Crippen molar-refractivity contribution in [1.82, 2.24) is 49.6 Å². The molecule has 22 heteroatoms. The second-order valence-electron chi connectivity index (χ2n) is 11.4. The van der Waals surface area contributed by atoms with Crippen molar-refractivity contribution in [3.05, 3.63) is 56.5 Å². The molecule has 2 aliphatic rings.